The second kappa shape index (κ2) is 12.7. The topological polar surface area (TPSA) is 110 Å². The lowest BCUT2D eigenvalue weighted by molar-refractivity contribution is 0.0329. The van der Waals surface area contributed by atoms with Gasteiger partial charge in [-0.15, -0.1) is 0 Å². The van der Waals surface area contributed by atoms with Gasteiger partial charge in [0.15, 0.2) is 0 Å². The Kier molecular flexibility index (Phi) is 8.88. The molecule has 0 bridgehead atoms. The molecule has 0 radical (unpaired) electrons. The first kappa shape index (κ1) is 27.3. The van der Waals surface area contributed by atoms with E-state index in [4.69, 9.17) is 19.4 Å². The first-order chi connectivity index (χ1) is 18.9. The highest BCUT2D eigenvalue weighted by Gasteiger charge is 2.25. The Morgan fingerprint density at radius 3 is 2.36 bits per heavy atom. The number of nitrogens with zero attached hydrogens (tertiary/aromatic N) is 3. The lowest BCUT2D eigenvalue weighted by Crippen LogP contribution is -2.44. The molecule has 0 unspecified atom stereocenters. The SMILES string of the molecule is CC(C)Nc1nc(NC2CCC(NC3CCOCC3)CC2)nc2cnc([C@@H](C)OC(=O)c3ccccc3)cc12. The molecule has 3 N–H and O–H groups in total. The summed E-state index contributed by atoms with van der Waals surface area (Å²) >= 11 is 0. The number of hydrogen-bond donors (Lipinski definition) is 3. The summed E-state index contributed by atoms with van der Waals surface area (Å²) in [5.41, 5.74) is 1.91. The largest absolute Gasteiger partial charge is 0.453 e. The minimum atomic E-state index is -0.517. The van der Waals surface area contributed by atoms with Gasteiger partial charge in [-0.05, 0) is 77.5 Å². The van der Waals surface area contributed by atoms with Gasteiger partial charge in [-0.25, -0.2) is 9.78 Å². The number of aromatic nitrogens is 3. The number of esters is 1. The fourth-order valence-corrected chi connectivity index (χ4v) is 5.37. The molecule has 1 atom stereocenters. The van der Waals surface area contributed by atoms with E-state index in [1.165, 1.54) is 0 Å². The van der Waals surface area contributed by atoms with E-state index in [1.807, 2.05) is 31.2 Å². The number of pyridine rings is 1. The van der Waals surface area contributed by atoms with Gasteiger partial charge < -0.3 is 25.4 Å². The Balaban J connectivity index is 1.26. The maximum Gasteiger partial charge on any atom is 0.338 e. The van der Waals surface area contributed by atoms with Gasteiger partial charge in [-0.1, -0.05) is 18.2 Å². The van der Waals surface area contributed by atoms with Crippen molar-refractivity contribution in [1.29, 1.82) is 0 Å². The van der Waals surface area contributed by atoms with Crippen LogP contribution in [0.1, 0.15) is 81.5 Å². The maximum atomic E-state index is 12.6. The van der Waals surface area contributed by atoms with Crippen molar-refractivity contribution in [2.24, 2.45) is 0 Å². The maximum absolute atomic E-state index is 12.6. The quantitative estimate of drug-likeness (QED) is 0.318. The Bertz CT molecular complexity index is 1240. The Labute approximate surface area is 230 Å². The molecule has 1 aromatic carbocycles. The average molecular weight is 533 g/mol. The van der Waals surface area contributed by atoms with Crippen LogP contribution in [-0.4, -0.2) is 58.3 Å². The summed E-state index contributed by atoms with van der Waals surface area (Å²) < 4.78 is 11.2. The molecule has 2 aliphatic rings. The number of ether oxygens (including phenoxy) is 2. The monoisotopic (exact) mass is 532 g/mol. The predicted molar refractivity (Wildman–Crippen MR) is 153 cm³/mol. The van der Waals surface area contributed by atoms with Gasteiger partial charge >= 0.3 is 5.97 Å². The van der Waals surface area contributed by atoms with Crippen molar-refractivity contribution in [2.45, 2.75) is 89.6 Å². The molecule has 9 nitrogen and oxygen atoms in total. The summed E-state index contributed by atoms with van der Waals surface area (Å²) in [6, 6.07) is 12.6. The number of rotatable bonds is 9. The van der Waals surface area contributed by atoms with Gasteiger partial charge in [-0.2, -0.15) is 4.98 Å². The van der Waals surface area contributed by atoms with Crippen LogP contribution in [0.3, 0.4) is 0 Å². The lowest BCUT2D eigenvalue weighted by Gasteiger charge is -2.34. The molecule has 2 fully saturated rings. The van der Waals surface area contributed by atoms with E-state index < -0.39 is 6.10 Å². The first-order valence-electron chi connectivity index (χ1n) is 14.2. The van der Waals surface area contributed by atoms with Crippen molar-refractivity contribution < 1.29 is 14.3 Å². The molecule has 2 aromatic heterocycles. The highest BCUT2D eigenvalue weighted by molar-refractivity contribution is 5.91. The van der Waals surface area contributed by atoms with E-state index >= 15 is 0 Å². The fourth-order valence-electron chi connectivity index (χ4n) is 5.37. The molecule has 3 heterocycles. The second-order valence-corrected chi connectivity index (χ2v) is 11.0. The number of hydrogen-bond acceptors (Lipinski definition) is 9. The molecule has 3 aromatic rings. The fraction of sp³-hybridized carbons (Fsp3) is 0.533. The number of carbonyl (C=O) groups excluding carboxylic acids is 1. The molecule has 1 aliphatic carbocycles. The van der Waals surface area contributed by atoms with E-state index in [9.17, 15) is 4.79 Å². The van der Waals surface area contributed by atoms with Crippen LogP contribution in [0.5, 0.6) is 0 Å². The first-order valence-corrected chi connectivity index (χ1v) is 14.2. The summed E-state index contributed by atoms with van der Waals surface area (Å²) in [5.74, 6) is 0.987. The third-order valence-corrected chi connectivity index (χ3v) is 7.49. The Morgan fingerprint density at radius 2 is 1.64 bits per heavy atom. The van der Waals surface area contributed by atoms with E-state index in [0.717, 1.165) is 68.5 Å². The van der Waals surface area contributed by atoms with Crippen molar-refractivity contribution in [2.75, 3.05) is 23.8 Å². The zero-order valence-electron chi connectivity index (χ0n) is 23.2. The summed E-state index contributed by atoms with van der Waals surface area (Å²) in [6.45, 7) is 7.73. The van der Waals surface area contributed by atoms with Crippen LogP contribution in [-0.2, 0) is 9.47 Å². The van der Waals surface area contributed by atoms with Crippen LogP contribution in [0.25, 0.3) is 10.9 Å². The molecule has 5 rings (SSSR count). The normalized spacial score (nSPS) is 21.0. The van der Waals surface area contributed by atoms with Gasteiger partial charge in [0, 0.05) is 42.8 Å². The molecule has 0 spiro atoms. The molecule has 39 heavy (non-hydrogen) atoms. The van der Waals surface area contributed by atoms with E-state index in [2.05, 4.69) is 34.8 Å². The third kappa shape index (κ3) is 7.22. The summed E-state index contributed by atoms with van der Waals surface area (Å²) in [4.78, 5) is 26.8. The molecule has 9 heteroatoms. The van der Waals surface area contributed by atoms with Crippen molar-refractivity contribution >= 4 is 28.6 Å². The molecular formula is C30H40N6O3. The molecular weight excluding hydrogens is 492 g/mol. The Hall–Kier alpha value is -3.30. The second-order valence-electron chi connectivity index (χ2n) is 11.0. The number of carbonyl (C=O) groups is 1. The van der Waals surface area contributed by atoms with Gasteiger partial charge in [0.1, 0.15) is 11.9 Å². The van der Waals surface area contributed by atoms with Crippen molar-refractivity contribution in [3.8, 4) is 0 Å². The zero-order valence-corrected chi connectivity index (χ0v) is 23.2. The molecule has 1 saturated heterocycles. The minimum absolute atomic E-state index is 0.188. The van der Waals surface area contributed by atoms with Gasteiger partial charge in [0.25, 0.3) is 0 Å². The number of fused-ring (bicyclic) bond motifs is 1. The van der Waals surface area contributed by atoms with E-state index in [0.29, 0.717) is 35.3 Å². The van der Waals surface area contributed by atoms with Crippen molar-refractivity contribution in [3.63, 3.8) is 0 Å². The smallest absolute Gasteiger partial charge is 0.338 e. The van der Waals surface area contributed by atoms with Crippen molar-refractivity contribution in [1.82, 2.24) is 20.3 Å². The van der Waals surface area contributed by atoms with Gasteiger partial charge in [0.2, 0.25) is 5.95 Å². The van der Waals surface area contributed by atoms with E-state index in [1.54, 1.807) is 18.3 Å². The van der Waals surface area contributed by atoms with Crippen LogP contribution in [0.15, 0.2) is 42.6 Å². The summed E-state index contributed by atoms with van der Waals surface area (Å²) in [6.07, 6.45) is 7.89. The molecule has 0 amide bonds. The van der Waals surface area contributed by atoms with Gasteiger partial charge in [0.05, 0.1) is 23.0 Å². The zero-order chi connectivity index (χ0) is 27.2. The van der Waals surface area contributed by atoms with Crippen LogP contribution in [0, 0.1) is 0 Å². The Morgan fingerprint density at radius 1 is 0.949 bits per heavy atom. The number of benzene rings is 1. The highest BCUT2D eigenvalue weighted by Crippen LogP contribution is 2.28. The predicted octanol–water partition coefficient (Wildman–Crippen LogP) is 5.25. The van der Waals surface area contributed by atoms with Crippen LogP contribution in [0.2, 0.25) is 0 Å². The number of nitrogens with one attached hydrogen (secondary N) is 3. The van der Waals surface area contributed by atoms with Crippen molar-refractivity contribution in [3.05, 3.63) is 53.9 Å². The minimum Gasteiger partial charge on any atom is -0.453 e. The third-order valence-electron chi connectivity index (χ3n) is 7.49. The van der Waals surface area contributed by atoms with E-state index in [-0.39, 0.29) is 12.0 Å². The molecule has 1 saturated carbocycles. The summed E-state index contributed by atoms with van der Waals surface area (Å²) in [7, 11) is 0. The van der Waals surface area contributed by atoms with Crippen LogP contribution < -0.4 is 16.0 Å². The summed E-state index contributed by atoms with van der Waals surface area (Å²) in [5, 5.41) is 11.7. The molecule has 1 aliphatic heterocycles. The average Bonchev–Trinajstić information content (AvgIpc) is 2.94. The van der Waals surface area contributed by atoms with Gasteiger partial charge in [-0.3, -0.25) is 4.98 Å². The van der Waals surface area contributed by atoms with Crippen LogP contribution in [0.4, 0.5) is 11.8 Å². The highest BCUT2D eigenvalue weighted by atomic mass is 16.5. The molecule has 208 valence electrons. The van der Waals surface area contributed by atoms with Crippen LogP contribution >= 0.6 is 0 Å². The lowest BCUT2D eigenvalue weighted by atomic mass is 9.90. The standard InChI is InChI=1S/C30H40N6O3/c1-19(2)32-28-25-17-26(20(3)39-29(37)21-7-5-4-6-8-21)31-18-27(25)35-30(36-28)34-23-11-9-22(10-12-23)33-24-13-15-38-16-14-24/h4-8,17-20,22-24,33H,9-16H2,1-3H3,(H2,32,34,35,36)/t20-,22?,23?/m1/s1. The number of anilines is 2.